The Balaban J connectivity index is 1.80. The number of amides is 2. The van der Waals surface area contributed by atoms with E-state index in [4.69, 9.17) is 34.8 Å². The normalized spacial score (nSPS) is 18.5. The van der Waals surface area contributed by atoms with Gasteiger partial charge in [-0.15, -0.1) is 0 Å². The molecule has 0 spiro atoms. The summed E-state index contributed by atoms with van der Waals surface area (Å²) < 4.78 is 42.7. The Labute approximate surface area is 204 Å². The summed E-state index contributed by atoms with van der Waals surface area (Å²) in [4.78, 5) is 15.7. The molecule has 0 fully saturated rings. The van der Waals surface area contributed by atoms with Crippen molar-refractivity contribution in [1.29, 1.82) is 0 Å². The lowest BCUT2D eigenvalue weighted by atomic mass is 9.76. The summed E-state index contributed by atoms with van der Waals surface area (Å²) in [5, 5.41) is 6.92. The van der Waals surface area contributed by atoms with Crippen LogP contribution in [0.5, 0.6) is 0 Å². The topological polar surface area (TPSA) is 65.8 Å². The maximum absolute atomic E-state index is 14.2. The molecule has 1 heterocycles. The quantitative estimate of drug-likeness (QED) is 0.337. The molecule has 5 nitrogen and oxygen atoms in total. The van der Waals surface area contributed by atoms with E-state index in [0.717, 1.165) is 6.42 Å². The third kappa shape index (κ3) is 5.80. The van der Waals surface area contributed by atoms with E-state index in [9.17, 15) is 18.0 Å². The Bertz CT molecular complexity index is 1080. The average molecular weight is 520 g/mol. The molecular formula is C22H20Cl3F3N4O. The number of alkyl halides is 3. The van der Waals surface area contributed by atoms with E-state index in [0.29, 0.717) is 17.7 Å². The summed E-state index contributed by atoms with van der Waals surface area (Å²) in [6, 6.07) is 8.21. The van der Waals surface area contributed by atoms with Gasteiger partial charge < -0.3 is 5.32 Å². The molecule has 33 heavy (non-hydrogen) atoms. The van der Waals surface area contributed by atoms with E-state index in [1.165, 1.54) is 30.5 Å². The minimum Gasteiger partial charge on any atom is -0.337 e. The molecular weight excluding hydrogens is 500 g/mol. The van der Waals surface area contributed by atoms with Gasteiger partial charge in [0.05, 0.1) is 17.8 Å². The van der Waals surface area contributed by atoms with Gasteiger partial charge >= 0.3 is 12.2 Å². The smallest absolute Gasteiger partial charge is 0.337 e. The third-order valence-electron chi connectivity index (χ3n) is 5.21. The summed E-state index contributed by atoms with van der Waals surface area (Å²) in [5.74, 6) is 0. The lowest BCUT2D eigenvalue weighted by molar-refractivity contribution is -0.183. The molecule has 0 radical (unpaired) electrons. The van der Waals surface area contributed by atoms with Gasteiger partial charge in [-0.1, -0.05) is 53.9 Å². The van der Waals surface area contributed by atoms with Gasteiger partial charge in [-0.3, -0.25) is 4.99 Å². The molecule has 2 amide bonds. The van der Waals surface area contributed by atoms with Gasteiger partial charge in [0.25, 0.3) is 0 Å². The largest absolute Gasteiger partial charge is 0.400 e. The summed E-state index contributed by atoms with van der Waals surface area (Å²) in [6.45, 7) is 1.95. The van der Waals surface area contributed by atoms with Crippen molar-refractivity contribution in [3.63, 3.8) is 0 Å². The second-order valence-electron chi connectivity index (χ2n) is 7.54. The molecule has 0 saturated carbocycles. The van der Waals surface area contributed by atoms with Crippen LogP contribution in [-0.4, -0.2) is 37.2 Å². The van der Waals surface area contributed by atoms with Gasteiger partial charge in [0.1, 0.15) is 5.41 Å². The number of nitrogens with zero attached hydrogens (tertiary/aromatic N) is 2. The van der Waals surface area contributed by atoms with Gasteiger partial charge in [-0.2, -0.15) is 18.3 Å². The molecule has 2 aromatic carbocycles. The Kier molecular flexibility index (Phi) is 7.92. The molecule has 1 atom stereocenters. The van der Waals surface area contributed by atoms with Gasteiger partial charge in [0, 0.05) is 34.3 Å². The van der Waals surface area contributed by atoms with Gasteiger partial charge in [-0.05, 0) is 41.8 Å². The number of urea groups is 1. The number of aliphatic imine (C=N–C) groups is 1. The first-order valence-corrected chi connectivity index (χ1v) is 11.1. The van der Waals surface area contributed by atoms with Crippen LogP contribution in [0.1, 0.15) is 36.5 Å². The number of benzene rings is 2. The average Bonchev–Trinajstić information content (AvgIpc) is 3.20. The number of carbonyl (C=O) groups excluding carboxylic acids is 1. The highest BCUT2D eigenvalue weighted by atomic mass is 35.5. The van der Waals surface area contributed by atoms with Crippen LogP contribution in [0.25, 0.3) is 0 Å². The number of nitrogens with one attached hydrogen (secondary N) is 2. The first-order valence-electron chi connectivity index (χ1n) is 9.99. The van der Waals surface area contributed by atoms with Crippen LogP contribution >= 0.6 is 34.8 Å². The molecule has 3 rings (SSSR count). The molecule has 1 aliphatic heterocycles. The molecule has 0 aromatic heterocycles. The van der Waals surface area contributed by atoms with Gasteiger partial charge in [0.15, 0.2) is 0 Å². The molecule has 176 valence electrons. The van der Waals surface area contributed by atoms with Crippen molar-refractivity contribution in [2.24, 2.45) is 10.1 Å². The minimum atomic E-state index is -4.58. The number of halogens is 6. The van der Waals surface area contributed by atoms with Gasteiger partial charge in [-0.25, -0.2) is 10.2 Å². The van der Waals surface area contributed by atoms with Crippen LogP contribution in [0, 0.1) is 0 Å². The first-order chi connectivity index (χ1) is 15.6. The van der Waals surface area contributed by atoms with E-state index in [2.05, 4.69) is 20.8 Å². The molecule has 2 aromatic rings. The maximum atomic E-state index is 14.2. The van der Waals surface area contributed by atoms with Crippen LogP contribution < -0.4 is 10.7 Å². The van der Waals surface area contributed by atoms with E-state index in [1.54, 1.807) is 12.1 Å². The van der Waals surface area contributed by atoms with Gasteiger partial charge in [0.2, 0.25) is 0 Å². The minimum absolute atomic E-state index is 0.0338. The highest BCUT2D eigenvalue weighted by molar-refractivity contribution is 6.35. The Morgan fingerprint density at radius 3 is 2.48 bits per heavy atom. The van der Waals surface area contributed by atoms with E-state index in [-0.39, 0.29) is 32.8 Å². The number of hydrazone groups is 1. The van der Waals surface area contributed by atoms with E-state index in [1.807, 2.05) is 6.92 Å². The molecule has 1 aliphatic rings. The number of hydrogen-bond donors (Lipinski definition) is 2. The summed E-state index contributed by atoms with van der Waals surface area (Å²) in [7, 11) is 0. The zero-order chi connectivity index (χ0) is 24.2. The number of hydrogen-bond acceptors (Lipinski definition) is 3. The zero-order valence-corrected chi connectivity index (χ0v) is 19.7. The lowest BCUT2D eigenvalue weighted by Gasteiger charge is -2.31. The fraction of sp³-hybridized carbons (Fsp3) is 0.318. The van der Waals surface area contributed by atoms with Crippen molar-refractivity contribution in [3.05, 3.63) is 68.2 Å². The zero-order valence-electron chi connectivity index (χ0n) is 17.4. The Hall–Kier alpha value is -2.29. The van der Waals surface area contributed by atoms with Crippen molar-refractivity contribution < 1.29 is 18.0 Å². The molecule has 0 aliphatic carbocycles. The van der Waals surface area contributed by atoms with Crippen molar-refractivity contribution in [2.45, 2.75) is 31.4 Å². The highest BCUT2D eigenvalue weighted by Crippen LogP contribution is 2.48. The van der Waals surface area contributed by atoms with Crippen molar-refractivity contribution in [3.8, 4) is 0 Å². The molecule has 0 saturated heterocycles. The molecule has 11 heteroatoms. The van der Waals surface area contributed by atoms with Crippen molar-refractivity contribution in [1.82, 2.24) is 10.7 Å². The number of rotatable bonds is 6. The standard InChI is InChI=1S/C22H20Cl3F3N4O/c1-2-5-29-20(33)32-31-11-14-4-3-13(6-18(14)25)19-10-21(12-30-19,22(26,27)28)15-7-16(23)9-17(24)8-15/h3-4,6-9,11H,2,5,10,12H2,1H3,(H2,29,32,33)/b31-11+. The van der Waals surface area contributed by atoms with Crippen LogP contribution in [0.4, 0.5) is 18.0 Å². The Morgan fingerprint density at radius 2 is 1.88 bits per heavy atom. The maximum Gasteiger partial charge on any atom is 0.400 e. The summed E-state index contributed by atoms with van der Waals surface area (Å²) in [6.07, 6.45) is -2.82. The van der Waals surface area contributed by atoms with Crippen molar-refractivity contribution >= 4 is 52.8 Å². The third-order valence-corrected chi connectivity index (χ3v) is 5.97. The van der Waals surface area contributed by atoms with Crippen LogP contribution in [0.3, 0.4) is 0 Å². The number of carbonyl (C=O) groups is 1. The molecule has 2 N–H and O–H groups in total. The van der Waals surface area contributed by atoms with Crippen LogP contribution in [0.2, 0.25) is 15.1 Å². The van der Waals surface area contributed by atoms with Crippen LogP contribution in [0.15, 0.2) is 46.5 Å². The second-order valence-corrected chi connectivity index (χ2v) is 8.82. The van der Waals surface area contributed by atoms with Crippen molar-refractivity contribution in [2.75, 3.05) is 13.1 Å². The SMILES string of the molecule is CCCNC(=O)N/N=C/c1ccc(C2=NCC(c3cc(Cl)cc(Cl)c3)(C(F)(F)F)C2)cc1Cl. The second kappa shape index (κ2) is 10.3. The summed E-state index contributed by atoms with van der Waals surface area (Å²) in [5.41, 5.74) is 1.25. The molecule has 0 bridgehead atoms. The first kappa shape index (κ1) is 25.3. The fourth-order valence-corrected chi connectivity index (χ4v) is 4.20. The predicted octanol–water partition coefficient (Wildman–Crippen LogP) is 6.38. The van der Waals surface area contributed by atoms with E-state index < -0.39 is 24.2 Å². The highest BCUT2D eigenvalue weighted by Gasteiger charge is 2.58. The molecule has 1 unspecified atom stereocenters. The Morgan fingerprint density at radius 1 is 1.18 bits per heavy atom. The predicted molar refractivity (Wildman–Crippen MR) is 126 cm³/mol. The summed E-state index contributed by atoms with van der Waals surface area (Å²) >= 11 is 18.2. The van der Waals surface area contributed by atoms with Crippen LogP contribution in [-0.2, 0) is 5.41 Å². The monoisotopic (exact) mass is 518 g/mol. The lowest BCUT2D eigenvalue weighted by Crippen LogP contribution is -2.43. The van der Waals surface area contributed by atoms with E-state index >= 15 is 0 Å². The fourth-order valence-electron chi connectivity index (χ4n) is 3.45.